The number of aryl methyl sites for hydroxylation is 1. The van der Waals surface area contributed by atoms with Crippen molar-refractivity contribution in [2.45, 2.75) is 65.2 Å². The monoisotopic (exact) mass is 404 g/mol. The Hall–Kier alpha value is -1.71. The van der Waals surface area contributed by atoms with E-state index < -0.39 is 17.5 Å². The number of halogens is 3. The van der Waals surface area contributed by atoms with E-state index in [0.717, 1.165) is 30.6 Å². The minimum atomic E-state index is -1.16. The third kappa shape index (κ3) is 4.27. The van der Waals surface area contributed by atoms with Gasteiger partial charge in [-0.2, -0.15) is 4.39 Å². The van der Waals surface area contributed by atoms with E-state index in [1.54, 1.807) is 19.1 Å². The van der Waals surface area contributed by atoms with Crippen LogP contribution in [0.5, 0.6) is 5.75 Å². The zero-order chi connectivity index (χ0) is 20.5. The van der Waals surface area contributed by atoms with E-state index in [4.69, 9.17) is 4.74 Å². The predicted octanol–water partition coefficient (Wildman–Crippen LogP) is 7.58. The van der Waals surface area contributed by atoms with Crippen molar-refractivity contribution in [2.75, 3.05) is 6.61 Å². The van der Waals surface area contributed by atoms with E-state index in [9.17, 15) is 13.2 Å². The van der Waals surface area contributed by atoms with Gasteiger partial charge < -0.3 is 4.74 Å². The molecule has 0 saturated heterocycles. The highest BCUT2D eigenvalue weighted by molar-refractivity contribution is 5.86. The highest BCUT2D eigenvalue weighted by Gasteiger charge is 2.30. The summed E-state index contributed by atoms with van der Waals surface area (Å²) >= 11 is 0. The molecule has 29 heavy (non-hydrogen) atoms. The average molecular weight is 405 g/mol. The summed E-state index contributed by atoms with van der Waals surface area (Å²) < 4.78 is 48.8. The molecular formula is C25H31F3O. The van der Waals surface area contributed by atoms with E-state index >= 15 is 0 Å². The van der Waals surface area contributed by atoms with Gasteiger partial charge in [-0.05, 0) is 86.1 Å². The van der Waals surface area contributed by atoms with Gasteiger partial charge in [-0.15, -0.1) is 0 Å². The smallest absolute Gasteiger partial charge is 0.201 e. The fourth-order valence-electron chi connectivity index (χ4n) is 5.36. The van der Waals surface area contributed by atoms with E-state index in [-0.39, 0.29) is 11.1 Å². The lowest BCUT2D eigenvalue weighted by Gasteiger charge is -2.37. The molecule has 0 unspecified atom stereocenters. The van der Waals surface area contributed by atoms with E-state index in [2.05, 4.69) is 6.92 Å². The second-order valence-electron chi connectivity index (χ2n) is 9.41. The van der Waals surface area contributed by atoms with Gasteiger partial charge in [-0.1, -0.05) is 31.9 Å². The van der Waals surface area contributed by atoms with Crippen LogP contribution >= 0.6 is 0 Å². The number of rotatable bonds is 4. The lowest BCUT2D eigenvalue weighted by atomic mass is 9.69. The van der Waals surface area contributed by atoms with Crippen LogP contribution in [0.15, 0.2) is 18.2 Å². The topological polar surface area (TPSA) is 9.23 Å². The Morgan fingerprint density at radius 2 is 1.45 bits per heavy atom. The third-order valence-corrected chi connectivity index (χ3v) is 7.38. The fourth-order valence-corrected chi connectivity index (χ4v) is 5.36. The van der Waals surface area contributed by atoms with E-state index in [1.165, 1.54) is 44.6 Å². The summed E-state index contributed by atoms with van der Waals surface area (Å²) in [5, 5.41) is 0.0365. The number of hydrogen-bond acceptors (Lipinski definition) is 1. The summed E-state index contributed by atoms with van der Waals surface area (Å²) in [5.41, 5.74) is 0.300. The molecule has 0 N–H and O–H groups in total. The van der Waals surface area contributed by atoms with Crippen molar-refractivity contribution < 1.29 is 17.9 Å². The first-order valence-corrected chi connectivity index (χ1v) is 11.1. The summed E-state index contributed by atoms with van der Waals surface area (Å²) in [7, 11) is 0. The molecule has 0 aliphatic heterocycles. The molecule has 2 aliphatic rings. The highest BCUT2D eigenvalue weighted by atomic mass is 19.2. The molecule has 2 saturated carbocycles. The largest absolute Gasteiger partial charge is 0.490 e. The van der Waals surface area contributed by atoms with Crippen LogP contribution in [0.3, 0.4) is 0 Å². The molecule has 2 aromatic rings. The van der Waals surface area contributed by atoms with E-state index in [0.29, 0.717) is 23.5 Å². The molecule has 4 heteroatoms. The number of ether oxygens (including phenoxy) is 1. The lowest BCUT2D eigenvalue weighted by Crippen LogP contribution is -2.27. The molecule has 2 aromatic carbocycles. The molecule has 0 atom stereocenters. The Bertz CT molecular complexity index is 862. The van der Waals surface area contributed by atoms with Crippen LogP contribution < -0.4 is 4.74 Å². The third-order valence-electron chi connectivity index (χ3n) is 7.38. The number of hydrogen-bond donors (Lipinski definition) is 0. The maximum atomic E-state index is 14.5. The van der Waals surface area contributed by atoms with Gasteiger partial charge in [-0.25, -0.2) is 8.78 Å². The molecule has 4 rings (SSSR count). The molecule has 158 valence electrons. The van der Waals surface area contributed by atoms with Crippen LogP contribution in [0.2, 0.25) is 0 Å². The Balaban J connectivity index is 1.37. The van der Waals surface area contributed by atoms with Gasteiger partial charge in [0.05, 0.1) is 12.0 Å². The molecule has 0 heterocycles. The van der Waals surface area contributed by atoms with Crippen molar-refractivity contribution in [3.05, 3.63) is 41.2 Å². The van der Waals surface area contributed by atoms with Crippen molar-refractivity contribution in [1.29, 1.82) is 0 Å². The minimum Gasteiger partial charge on any atom is -0.490 e. The van der Waals surface area contributed by atoms with Gasteiger partial charge in [0.15, 0.2) is 11.6 Å². The summed E-state index contributed by atoms with van der Waals surface area (Å²) in [4.78, 5) is 0. The van der Waals surface area contributed by atoms with Crippen LogP contribution in [0.1, 0.15) is 63.9 Å². The molecule has 0 radical (unpaired) electrons. The second kappa shape index (κ2) is 8.57. The fraction of sp³-hybridized carbons (Fsp3) is 0.600. The summed E-state index contributed by atoms with van der Waals surface area (Å²) in [6.45, 7) is 4.29. The van der Waals surface area contributed by atoms with E-state index in [1.807, 2.05) is 0 Å². The molecule has 2 fully saturated rings. The van der Waals surface area contributed by atoms with Crippen LogP contribution in [-0.4, -0.2) is 6.61 Å². The quantitative estimate of drug-likeness (QED) is 0.510. The first kappa shape index (κ1) is 20.6. The highest BCUT2D eigenvalue weighted by Crippen LogP contribution is 2.41. The van der Waals surface area contributed by atoms with Crippen molar-refractivity contribution in [1.82, 2.24) is 0 Å². The van der Waals surface area contributed by atoms with Crippen LogP contribution in [0.25, 0.3) is 10.8 Å². The molecule has 0 aromatic heterocycles. The maximum Gasteiger partial charge on any atom is 0.201 e. The first-order valence-electron chi connectivity index (χ1n) is 11.1. The second-order valence-corrected chi connectivity index (χ2v) is 9.41. The molecule has 2 aliphatic carbocycles. The standard InChI is InChI=1S/C25H31F3O/c1-15-3-8-18(9-4-15)19-11-6-17(7-12-19)14-29-21-13-20-10-5-16(2)23(26)22(20)25(28)24(21)27/h5,10,13,15,17-19H,3-4,6-9,11-12,14H2,1-2H3. The maximum absolute atomic E-state index is 14.5. The van der Waals surface area contributed by atoms with Crippen molar-refractivity contribution >= 4 is 10.8 Å². The minimum absolute atomic E-state index is 0.110. The Labute approximate surface area is 171 Å². The average Bonchev–Trinajstić information content (AvgIpc) is 2.73. The number of fused-ring (bicyclic) bond motifs is 1. The molecule has 0 amide bonds. The van der Waals surface area contributed by atoms with Gasteiger partial charge in [-0.3, -0.25) is 0 Å². The SMILES string of the molecule is Cc1ccc2cc(OCC3CCC(C4CCC(C)CC4)CC3)c(F)c(F)c2c1F. The molecule has 1 nitrogen and oxygen atoms in total. The van der Waals surface area contributed by atoms with Crippen molar-refractivity contribution in [3.63, 3.8) is 0 Å². The van der Waals surface area contributed by atoms with Gasteiger partial charge in [0.1, 0.15) is 5.82 Å². The zero-order valence-electron chi connectivity index (χ0n) is 17.4. The van der Waals surface area contributed by atoms with Gasteiger partial charge in [0, 0.05) is 0 Å². The predicted molar refractivity (Wildman–Crippen MR) is 111 cm³/mol. The zero-order valence-corrected chi connectivity index (χ0v) is 17.4. The van der Waals surface area contributed by atoms with Gasteiger partial charge in [0.2, 0.25) is 5.82 Å². The summed E-state index contributed by atoms with van der Waals surface area (Å²) in [5.74, 6) is -0.117. The van der Waals surface area contributed by atoms with Crippen LogP contribution in [-0.2, 0) is 0 Å². The molecule has 0 bridgehead atoms. The first-order chi connectivity index (χ1) is 13.9. The van der Waals surface area contributed by atoms with Crippen molar-refractivity contribution in [2.24, 2.45) is 23.7 Å². The Morgan fingerprint density at radius 1 is 0.828 bits per heavy atom. The Kier molecular flexibility index (Phi) is 6.08. The molecular weight excluding hydrogens is 373 g/mol. The van der Waals surface area contributed by atoms with Crippen LogP contribution in [0, 0.1) is 48.0 Å². The normalized spacial score (nSPS) is 27.9. The molecule has 0 spiro atoms. The van der Waals surface area contributed by atoms with Gasteiger partial charge in [0.25, 0.3) is 0 Å². The Morgan fingerprint density at radius 3 is 2.10 bits per heavy atom. The summed E-state index contributed by atoms with van der Waals surface area (Å²) in [6.07, 6.45) is 10.1. The van der Waals surface area contributed by atoms with Gasteiger partial charge >= 0.3 is 0 Å². The lowest BCUT2D eigenvalue weighted by molar-refractivity contribution is 0.124. The number of benzene rings is 2. The van der Waals surface area contributed by atoms with Crippen molar-refractivity contribution in [3.8, 4) is 5.75 Å². The summed E-state index contributed by atoms with van der Waals surface area (Å²) in [6, 6.07) is 4.61. The van der Waals surface area contributed by atoms with Crippen LogP contribution in [0.4, 0.5) is 13.2 Å².